The fourth-order valence-corrected chi connectivity index (χ4v) is 1.75. The highest BCUT2D eigenvalue weighted by molar-refractivity contribution is 5.94. The van der Waals surface area contributed by atoms with Crippen LogP contribution in [0.5, 0.6) is 0 Å². The van der Waals surface area contributed by atoms with Gasteiger partial charge >= 0.3 is 0 Å². The minimum Gasteiger partial charge on any atom is -0.384 e. The lowest BCUT2D eigenvalue weighted by molar-refractivity contribution is 0.0950. The van der Waals surface area contributed by atoms with Crippen LogP contribution in [0.4, 0.5) is 5.82 Å². The summed E-state index contributed by atoms with van der Waals surface area (Å²) >= 11 is 0. The van der Waals surface area contributed by atoms with Gasteiger partial charge in [-0.25, -0.2) is 4.98 Å². The molecule has 1 amide bonds. The van der Waals surface area contributed by atoms with Gasteiger partial charge < -0.3 is 16.0 Å². The molecule has 0 fully saturated rings. The molecular weight excluding hydrogens is 240 g/mol. The summed E-state index contributed by atoms with van der Waals surface area (Å²) < 4.78 is 0. The Bertz CT molecular complexity index is 420. The summed E-state index contributed by atoms with van der Waals surface area (Å²) in [6.45, 7) is 6.60. The Morgan fingerprint density at radius 2 is 2.16 bits per heavy atom. The van der Waals surface area contributed by atoms with Crippen LogP contribution in [0.2, 0.25) is 0 Å². The molecule has 5 nitrogen and oxygen atoms in total. The number of carbonyl (C=O) groups is 1. The van der Waals surface area contributed by atoms with Crippen LogP contribution < -0.4 is 11.1 Å². The minimum absolute atomic E-state index is 0.0871. The van der Waals surface area contributed by atoms with Gasteiger partial charge in [-0.3, -0.25) is 4.79 Å². The van der Waals surface area contributed by atoms with Crippen molar-refractivity contribution in [2.45, 2.75) is 26.7 Å². The molecule has 1 heterocycles. The molecular formula is C14H24N4O. The first-order valence-electron chi connectivity index (χ1n) is 6.80. The third kappa shape index (κ3) is 5.26. The number of pyridine rings is 1. The van der Waals surface area contributed by atoms with Gasteiger partial charge in [-0.05, 0) is 32.1 Å². The van der Waals surface area contributed by atoms with Crippen molar-refractivity contribution in [1.29, 1.82) is 0 Å². The number of carbonyl (C=O) groups excluding carboxylic acids is 1. The number of amides is 1. The lowest BCUT2D eigenvalue weighted by atomic mass is 10.1. The average molecular weight is 264 g/mol. The van der Waals surface area contributed by atoms with Gasteiger partial charge in [-0.15, -0.1) is 0 Å². The predicted molar refractivity (Wildman–Crippen MR) is 78.1 cm³/mol. The highest BCUT2D eigenvalue weighted by Crippen LogP contribution is 2.09. The lowest BCUT2D eigenvalue weighted by Crippen LogP contribution is -2.33. The number of aryl methyl sites for hydroxylation is 1. The zero-order valence-electron chi connectivity index (χ0n) is 12.1. The van der Waals surface area contributed by atoms with Crippen molar-refractivity contribution in [3.63, 3.8) is 0 Å². The number of hydrogen-bond acceptors (Lipinski definition) is 4. The monoisotopic (exact) mass is 264 g/mol. The fourth-order valence-electron chi connectivity index (χ4n) is 1.75. The molecule has 5 heteroatoms. The van der Waals surface area contributed by atoms with Crippen LogP contribution in [-0.4, -0.2) is 42.5 Å². The van der Waals surface area contributed by atoms with Crippen LogP contribution in [0.15, 0.2) is 12.1 Å². The first-order chi connectivity index (χ1) is 9.06. The van der Waals surface area contributed by atoms with Crippen molar-refractivity contribution in [1.82, 2.24) is 15.2 Å². The summed E-state index contributed by atoms with van der Waals surface area (Å²) in [5.74, 6) is 0.317. The largest absolute Gasteiger partial charge is 0.384 e. The van der Waals surface area contributed by atoms with Crippen molar-refractivity contribution in [3.05, 3.63) is 23.4 Å². The molecule has 19 heavy (non-hydrogen) atoms. The third-order valence-corrected chi connectivity index (χ3v) is 2.99. The second-order valence-electron chi connectivity index (χ2n) is 4.67. The Balaban J connectivity index is 2.61. The lowest BCUT2D eigenvalue weighted by Gasteiger charge is -2.14. The first-order valence-corrected chi connectivity index (χ1v) is 6.80. The number of anilines is 1. The smallest absolute Gasteiger partial charge is 0.251 e. The number of nitrogens with two attached hydrogens (primary N) is 1. The van der Waals surface area contributed by atoms with Gasteiger partial charge in [0, 0.05) is 24.3 Å². The molecule has 0 unspecified atom stereocenters. The van der Waals surface area contributed by atoms with E-state index in [1.54, 1.807) is 6.07 Å². The van der Waals surface area contributed by atoms with Crippen molar-refractivity contribution in [2.75, 3.05) is 32.4 Å². The maximum atomic E-state index is 12.0. The van der Waals surface area contributed by atoms with Crippen LogP contribution in [0.1, 0.15) is 36.3 Å². The molecule has 0 aliphatic carbocycles. The Morgan fingerprint density at radius 1 is 1.42 bits per heavy atom. The van der Waals surface area contributed by atoms with E-state index >= 15 is 0 Å². The van der Waals surface area contributed by atoms with E-state index in [1.807, 2.05) is 13.1 Å². The molecule has 0 radical (unpaired) electrons. The Kier molecular flexibility index (Phi) is 6.29. The van der Waals surface area contributed by atoms with Crippen LogP contribution in [0.3, 0.4) is 0 Å². The van der Waals surface area contributed by atoms with Gasteiger partial charge in [0.1, 0.15) is 5.82 Å². The van der Waals surface area contributed by atoms with E-state index in [1.165, 1.54) is 0 Å². The molecule has 3 N–H and O–H groups in total. The second kappa shape index (κ2) is 7.74. The first kappa shape index (κ1) is 15.4. The average Bonchev–Trinajstić information content (AvgIpc) is 2.38. The molecule has 0 bridgehead atoms. The standard InChI is InChI=1S/C14H24N4O/c1-4-6-12-9-11(10-13(15)17-12)14(19)16-7-8-18(3)5-2/h9-10H,4-8H2,1-3H3,(H2,15,17)(H,16,19). The quantitative estimate of drug-likeness (QED) is 0.778. The van der Waals surface area contributed by atoms with E-state index < -0.39 is 0 Å². The second-order valence-corrected chi connectivity index (χ2v) is 4.67. The maximum absolute atomic E-state index is 12.0. The third-order valence-electron chi connectivity index (χ3n) is 2.99. The molecule has 0 spiro atoms. The van der Waals surface area contributed by atoms with Gasteiger partial charge in [0.2, 0.25) is 0 Å². The number of hydrogen-bond donors (Lipinski definition) is 2. The summed E-state index contributed by atoms with van der Waals surface area (Å²) in [4.78, 5) is 18.4. The van der Waals surface area contributed by atoms with E-state index in [0.29, 0.717) is 17.9 Å². The van der Waals surface area contributed by atoms with Crippen LogP contribution in [-0.2, 0) is 6.42 Å². The van der Waals surface area contributed by atoms with Crippen LogP contribution in [0, 0.1) is 0 Å². The summed E-state index contributed by atoms with van der Waals surface area (Å²) in [6, 6.07) is 3.44. The van der Waals surface area contributed by atoms with Crippen molar-refractivity contribution in [3.8, 4) is 0 Å². The summed E-state index contributed by atoms with van der Waals surface area (Å²) in [7, 11) is 2.02. The molecule has 0 saturated heterocycles. The molecule has 1 rings (SSSR count). The topological polar surface area (TPSA) is 71.2 Å². The van der Waals surface area contributed by atoms with E-state index in [-0.39, 0.29) is 5.91 Å². The number of likely N-dealkylation sites (N-methyl/N-ethyl adjacent to an activating group) is 1. The van der Waals surface area contributed by atoms with E-state index in [0.717, 1.165) is 31.6 Å². The van der Waals surface area contributed by atoms with E-state index in [2.05, 4.69) is 29.0 Å². The number of nitrogen functional groups attached to an aromatic ring is 1. The van der Waals surface area contributed by atoms with E-state index in [9.17, 15) is 4.79 Å². The molecule has 0 aromatic carbocycles. The van der Waals surface area contributed by atoms with Gasteiger partial charge in [0.05, 0.1) is 0 Å². The molecule has 0 atom stereocenters. The summed E-state index contributed by atoms with van der Waals surface area (Å²) in [5.41, 5.74) is 7.19. The van der Waals surface area contributed by atoms with Crippen molar-refractivity contribution < 1.29 is 4.79 Å². The summed E-state index contributed by atoms with van der Waals surface area (Å²) in [6.07, 6.45) is 1.82. The van der Waals surface area contributed by atoms with E-state index in [4.69, 9.17) is 5.73 Å². The van der Waals surface area contributed by atoms with Gasteiger partial charge in [-0.2, -0.15) is 0 Å². The SMILES string of the molecule is CCCc1cc(C(=O)NCCN(C)CC)cc(N)n1. The number of nitrogens with one attached hydrogen (secondary N) is 1. The zero-order chi connectivity index (χ0) is 14.3. The number of aromatic nitrogens is 1. The normalized spacial score (nSPS) is 10.7. The fraction of sp³-hybridized carbons (Fsp3) is 0.571. The zero-order valence-corrected chi connectivity index (χ0v) is 12.1. The van der Waals surface area contributed by atoms with Gasteiger partial charge in [0.15, 0.2) is 0 Å². The maximum Gasteiger partial charge on any atom is 0.251 e. The molecule has 1 aromatic heterocycles. The van der Waals surface area contributed by atoms with Crippen LogP contribution >= 0.6 is 0 Å². The highest BCUT2D eigenvalue weighted by atomic mass is 16.1. The molecule has 0 aliphatic rings. The van der Waals surface area contributed by atoms with Gasteiger partial charge in [-0.1, -0.05) is 20.3 Å². The summed E-state index contributed by atoms with van der Waals surface area (Å²) in [5, 5.41) is 2.90. The Hall–Kier alpha value is -1.62. The van der Waals surface area contributed by atoms with Crippen LogP contribution in [0.25, 0.3) is 0 Å². The molecule has 1 aromatic rings. The number of nitrogens with zero attached hydrogens (tertiary/aromatic N) is 2. The Labute approximate surface area is 115 Å². The van der Waals surface area contributed by atoms with Gasteiger partial charge in [0.25, 0.3) is 5.91 Å². The molecule has 0 aliphatic heterocycles. The minimum atomic E-state index is -0.0871. The number of rotatable bonds is 7. The predicted octanol–water partition coefficient (Wildman–Crippen LogP) is 1.30. The molecule has 0 saturated carbocycles. The van der Waals surface area contributed by atoms with Crippen molar-refractivity contribution in [2.24, 2.45) is 0 Å². The highest BCUT2D eigenvalue weighted by Gasteiger charge is 2.08. The van der Waals surface area contributed by atoms with Crippen molar-refractivity contribution >= 4 is 11.7 Å². The molecule has 106 valence electrons. The Morgan fingerprint density at radius 3 is 2.79 bits per heavy atom.